The van der Waals surface area contributed by atoms with E-state index in [1.807, 2.05) is 66.7 Å². The Labute approximate surface area is 252 Å². The fourth-order valence-electron chi connectivity index (χ4n) is 5.52. The third-order valence-electron chi connectivity index (χ3n) is 7.88. The molecular weight excluding hydrogens is 548 g/mol. The molecule has 3 atom stereocenters. The van der Waals surface area contributed by atoms with Crippen molar-refractivity contribution < 1.29 is 34.0 Å². The van der Waals surface area contributed by atoms with Crippen molar-refractivity contribution in [2.45, 2.75) is 57.3 Å². The fraction of sp³-hybridized carbons (Fsp3) is 0.412. The number of carboxylic acid groups (broad SMARTS) is 1. The number of benzene rings is 3. The molecular formula is C34H40N2O7. The van der Waals surface area contributed by atoms with Gasteiger partial charge in [0.25, 0.3) is 0 Å². The van der Waals surface area contributed by atoms with Gasteiger partial charge in [-0.15, -0.1) is 0 Å². The molecule has 2 saturated heterocycles. The van der Waals surface area contributed by atoms with Crippen molar-refractivity contribution in [3.05, 3.63) is 95.1 Å². The first-order valence-corrected chi connectivity index (χ1v) is 15.0. The fourth-order valence-corrected chi connectivity index (χ4v) is 5.52. The number of carbonyl (C=O) groups excluding carboxylic acids is 1. The number of hydrogen-bond acceptors (Lipinski definition) is 7. The standard InChI is InChI=1S/C34H40N2O7/c37-23-24-10-12-26(13-11-24)31-20-30(22-36-14-16-41-17-15-36)42-34(43-31)29-7-2-6-28(19-29)27-5-1-4-25(18-27)21-35-32(38)8-3-9-33(39)40/h1-2,4-7,10-13,18-19,30-31,34,37H,3,8-9,14-17,20-23H2,(H,35,38)(H,39,40)/t30-,31+,34+/m1/s1. The van der Waals surface area contributed by atoms with Gasteiger partial charge in [0.2, 0.25) is 5.91 Å². The molecule has 9 nitrogen and oxygen atoms in total. The van der Waals surface area contributed by atoms with E-state index < -0.39 is 12.3 Å². The Kier molecular flexibility index (Phi) is 10.9. The quantitative estimate of drug-likeness (QED) is 0.281. The molecule has 0 unspecified atom stereocenters. The first-order chi connectivity index (χ1) is 21.0. The summed E-state index contributed by atoms with van der Waals surface area (Å²) in [6.07, 6.45) is 0.509. The molecule has 9 heteroatoms. The van der Waals surface area contributed by atoms with Crippen LogP contribution in [-0.2, 0) is 37.0 Å². The second-order valence-corrected chi connectivity index (χ2v) is 11.1. The van der Waals surface area contributed by atoms with E-state index in [0.29, 0.717) is 13.0 Å². The van der Waals surface area contributed by atoms with Crippen molar-refractivity contribution in [3.63, 3.8) is 0 Å². The number of nitrogens with one attached hydrogen (secondary N) is 1. The van der Waals surface area contributed by atoms with E-state index in [1.54, 1.807) is 0 Å². The van der Waals surface area contributed by atoms with E-state index >= 15 is 0 Å². The summed E-state index contributed by atoms with van der Waals surface area (Å²) < 4.78 is 18.7. The predicted molar refractivity (Wildman–Crippen MR) is 161 cm³/mol. The molecule has 2 heterocycles. The minimum atomic E-state index is -0.897. The minimum Gasteiger partial charge on any atom is -0.481 e. The van der Waals surface area contributed by atoms with Crippen LogP contribution in [0.3, 0.4) is 0 Å². The van der Waals surface area contributed by atoms with Crippen LogP contribution in [0.1, 0.15) is 60.3 Å². The van der Waals surface area contributed by atoms with Crippen molar-refractivity contribution in [3.8, 4) is 11.1 Å². The number of nitrogens with zero attached hydrogens (tertiary/aromatic N) is 1. The van der Waals surface area contributed by atoms with Crippen molar-refractivity contribution in [2.75, 3.05) is 32.8 Å². The number of ether oxygens (including phenoxy) is 3. The van der Waals surface area contributed by atoms with E-state index in [0.717, 1.165) is 72.6 Å². The molecule has 0 aromatic heterocycles. The number of aliphatic hydroxyl groups excluding tert-OH is 1. The Bertz CT molecular complexity index is 1360. The highest BCUT2D eigenvalue weighted by Gasteiger charge is 2.33. The number of amides is 1. The highest BCUT2D eigenvalue weighted by Crippen LogP contribution is 2.39. The Morgan fingerprint density at radius 2 is 1.60 bits per heavy atom. The van der Waals surface area contributed by atoms with Crippen LogP contribution in [0.4, 0.5) is 0 Å². The lowest BCUT2D eigenvalue weighted by molar-refractivity contribution is -0.253. The lowest BCUT2D eigenvalue weighted by Gasteiger charge is -2.39. The highest BCUT2D eigenvalue weighted by atomic mass is 16.7. The number of rotatable bonds is 12. The molecule has 2 fully saturated rings. The van der Waals surface area contributed by atoms with E-state index in [4.69, 9.17) is 19.3 Å². The molecule has 5 rings (SSSR count). The van der Waals surface area contributed by atoms with Gasteiger partial charge in [0.05, 0.1) is 32.0 Å². The zero-order chi connectivity index (χ0) is 30.0. The Hall–Kier alpha value is -3.60. The van der Waals surface area contributed by atoms with Gasteiger partial charge in [0, 0.05) is 51.0 Å². The van der Waals surface area contributed by atoms with Gasteiger partial charge in [0.1, 0.15) is 0 Å². The van der Waals surface area contributed by atoms with E-state index in [-0.39, 0.29) is 37.6 Å². The molecule has 0 saturated carbocycles. The van der Waals surface area contributed by atoms with Gasteiger partial charge in [-0.3, -0.25) is 14.5 Å². The molecule has 3 N–H and O–H groups in total. The van der Waals surface area contributed by atoms with Gasteiger partial charge in [-0.2, -0.15) is 0 Å². The van der Waals surface area contributed by atoms with Gasteiger partial charge in [-0.05, 0) is 46.4 Å². The van der Waals surface area contributed by atoms with Crippen LogP contribution in [0.15, 0.2) is 72.8 Å². The van der Waals surface area contributed by atoms with Crippen molar-refractivity contribution in [1.82, 2.24) is 10.2 Å². The lowest BCUT2D eigenvalue weighted by atomic mass is 9.98. The average molecular weight is 589 g/mol. The summed E-state index contributed by atoms with van der Waals surface area (Å²) in [5.41, 5.74) is 5.83. The van der Waals surface area contributed by atoms with Crippen LogP contribution >= 0.6 is 0 Å². The predicted octanol–water partition coefficient (Wildman–Crippen LogP) is 4.59. The molecule has 43 heavy (non-hydrogen) atoms. The Balaban J connectivity index is 1.30. The van der Waals surface area contributed by atoms with E-state index in [2.05, 4.69) is 16.3 Å². The topological polar surface area (TPSA) is 118 Å². The SMILES string of the molecule is O=C(O)CCCC(=O)NCc1cccc(-c2cccc([C@H]3O[C@@H](CN4CCOCC4)C[C@@H](c4ccc(CO)cc4)O3)c2)c1. The first-order valence-electron chi connectivity index (χ1n) is 15.0. The summed E-state index contributed by atoms with van der Waals surface area (Å²) in [5, 5.41) is 21.1. The highest BCUT2D eigenvalue weighted by molar-refractivity contribution is 5.76. The maximum Gasteiger partial charge on any atom is 0.303 e. The lowest BCUT2D eigenvalue weighted by Crippen LogP contribution is -2.44. The van der Waals surface area contributed by atoms with Crippen molar-refractivity contribution >= 4 is 11.9 Å². The zero-order valence-electron chi connectivity index (χ0n) is 24.3. The van der Waals surface area contributed by atoms with Crippen LogP contribution < -0.4 is 5.32 Å². The molecule has 3 aromatic rings. The first kappa shape index (κ1) is 30.8. The number of carboxylic acids is 1. The third-order valence-corrected chi connectivity index (χ3v) is 7.88. The minimum absolute atomic E-state index is 0.00432. The smallest absolute Gasteiger partial charge is 0.303 e. The summed E-state index contributed by atoms with van der Waals surface area (Å²) in [6.45, 7) is 4.41. The van der Waals surface area contributed by atoms with Crippen LogP contribution in [0.25, 0.3) is 11.1 Å². The van der Waals surface area contributed by atoms with Crippen LogP contribution in [0, 0.1) is 0 Å². The normalized spacial score (nSPS) is 20.9. The molecule has 228 valence electrons. The van der Waals surface area contributed by atoms with Crippen LogP contribution in [-0.4, -0.2) is 65.9 Å². The second kappa shape index (κ2) is 15.2. The Morgan fingerprint density at radius 1 is 0.860 bits per heavy atom. The number of aliphatic hydroxyl groups is 1. The molecule has 0 aliphatic carbocycles. The van der Waals surface area contributed by atoms with Crippen LogP contribution in [0.2, 0.25) is 0 Å². The number of hydrogen-bond donors (Lipinski definition) is 3. The van der Waals surface area contributed by atoms with Crippen LogP contribution in [0.5, 0.6) is 0 Å². The monoisotopic (exact) mass is 588 g/mol. The van der Waals surface area contributed by atoms with E-state index in [1.165, 1.54) is 0 Å². The molecule has 0 bridgehead atoms. The third kappa shape index (κ3) is 8.95. The molecule has 2 aliphatic heterocycles. The maximum atomic E-state index is 12.1. The van der Waals surface area contributed by atoms with Gasteiger partial charge < -0.3 is 29.7 Å². The summed E-state index contributed by atoms with van der Waals surface area (Å²) >= 11 is 0. The molecule has 2 aliphatic rings. The van der Waals surface area contributed by atoms with Gasteiger partial charge in [-0.25, -0.2) is 0 Å². The summed E-state index contributed by atoms with van der Waals surface area (Å²) in [6, 6.07) is 24.1. The number of morpholine rings is 1. The number of carbonyl (C=O) groups is 2. The van der Waals surface area contributed by atoms with Crippen molar-refractivity contribution in [1.29, 1.82) is 0 Å². The molecule has 1 amide bonds. The summed E-state index contributed by atoms with van der Waals surface area (Å²) in [7, 11) is 0. The van der Waals surface area contributed by atoms with Gasteiger partial charge in [-0.1, -0.05) is 60.7 Å². The van der Waals surface area contributed by atoms with Gasteiger partial charge in [0.15, 0.2) is 6.29 Å². The Morgan fingerprint density at radius 3 is 2.35 bits per heavy atom. The average Bonchev–Trinajstić information content (AvgIpc) is 3.04. The maximum absolute atomic E-state index is 12.1. The largest absolute Gasteiger partial charge is 0.481 e. The second-order valence-electron chi connectivity index (χ2n) is 11.1. The molecule has 0 radical (unpaired) electrons. The zero-order valence-corrected chi connectivity index (χ0v) is 24.3. The van der Waals surface area contributed by atoms with Crippen molar-refractivity contribution in [2.24, 2.45) is 0 Å². The van der Waals surface area contributed by atoms with E-state index in [9.17, 15) is 14.7 Å². The summed E-state index contributed by atoms with van der Waals surface area (Å²) in [5.74, 6) is -1.06. The van der Waals surface area contributed by atoms with Gasteiger partial charge >= 0.3 is 5.97 Å². The molecule has 0 spiro atoms. The molecule has 3 aromatic carbocycles. The summed E-state index contributed by atoms with van der Waals surface area (Å²) in [4.78, 5) is 25.2. The number of aliphatic carboxylic acids is 1.